The lowest BCUT2D eigenvalue weighted by Crippen LogP contribution is -2.50. The first-order chi connectivity index (χ1) is 14.2. The molecule has 2 aliphatic rings. The fraction of sp³-hybridized carbons (Fsp3) is 0.429. The summed E-state index contributed by atoms with van der Waals surface area (Å²) in [6.45, 7) is 4.48. The van der Waals surface area contributed by atoms with Crippen LogP contribution in [0, 0.1) is 5.92 Å². The Labute approximate surface area is 174 Å². The molecule has 7 nitrogen and oxygen atoms in total. The van der Waals surface area contributed by atoms with E-state index in [0.29, 0.717) is 23.3 Å². The maximum atomic E-state index is 6.03. The van der Waals surface area contributed by atoms with Crippen molar-refractivity contribution in [3.05, 3.63) is 46.7 Å². The highest BCUT2D eigenvalue weighted by atomic mass is 35.5. The van der Waals surface area contributed by atoms with Crippen molar-refractivity contribution in [3.8, 4) is 11.5 Å². The summed E-state index contributed by atoms with van der Waals surface area (Å²) in [7, 11) is 1.63. The normalized spacial score (nSPS) is 17.0. The second kappa shape index (κ2) is 7.72. The molecule has 1 aromatic carbocycles. The molecule has 0 radical (unpaired) electrons. The molecule has 0 atom stereocenters. The van der Waals surface area contributed by atoms with E-state index in [-0.39, 0.29) is 0 Å². The maximum absolute atomic E-state index is 6.03. The molecule has 0 unspecified atom stereocenters. The van der Waals surface area contributed by atoms with Crippen LogP contribution in [0.25, 0.3) is 5.65 Å². The Kier molecular flexibility index (Phi) is 4.93. The number of nitrogens with one attached hydrogen (secondary N) is 1. The van der Waals surface area contributed by atoms with E-state index in [1.165, 1.54) is 17.1 Å². The topological polar surface area (TPSA) is 63.9 Å². The zero-order valence-electron chi connectivity index (χ0n) is 16.4. The molecule has 29 heavy (non-hydrogen) atoms. The highest BCUT2D eigenvalue weighted by Gasteiger charge is 2.32. The summed E-state index contributed by atoms with van der Waals surface area (Å²) < 4.78 is 13.4. The molecule has 1 fully saturated rings. The van der Waals surface area contributed by atoms with E-state index in [4.69, 9.17) is 26.1 Å². The number of hydrogen-bond donors (Lipinski definition) is 1. The molecule has 2 aliphatic heterocycles. The maximum Gasteiger partial charge on any atom is 0.162 e. The van der Waals surface area contributed by atoms with Crippen molar-refractivity contribution in [1.29, 1.82) is 0 Å². The Morgan fingerprint density at radius 3 is 2.90 bits per heavy atom. The van der Waals surface area contributed by atoms with Gasteiger partial charge in [-0.05, 0) is 25.1 Å². The highest BCUT2D eigenvalue weighted by molar-refractivity contribution is 6.30. The van der Waals surface area contributed by atoms with E-state index in [0.717, 1.165) is 50.4 Å². The molecular formula is C21H24ClN5O2. The molecule has 8 heteroatoms. The van der Waals surface area contributed by atoms with Crippen LogP contribution in [0.15, 0.2) is 30.5 Å². The van der Waals surface area contributed by atoms with Gasteiger partial charge in [-0.1, -0.05) is 11.6 Å². The molecule has 0 bridgehead atoms. The monoisotopic (exact) mass is 413 g/mol. The number of hydrogen-bond acceptors (Lipinski definition) is 6. The van der Waals surface area contributed by atoms with Crippen molar-refractivity contribution < 1.29 is 9.47 Å². The quantitative estimate of drug-likeness (QED) is 0.693. The lowest BCUT2D eigenvalue weighted by molar-refractivity contribution is 0.212. The number of rotatable bonds is 5. The lowest BCUT2D eigenvalue weighted by atomic mass is 9.99. The molecule has 2 aromatic heterocycles. The number of methoxy groups -OCH3 is 1. The van der Waals surface area contributed by atoms with Crippen molar-refractivity contribution in [1.82, 2.24) is 19.9 Å². The van der Waals surface area contributed by atoms with Gasteiger partial charge >= 0.3 is 0 Å². The Morgan fingerprint density at radius 2 is 2.03 bits per heavy atom. The SMILES string of the molecule is COc1cc(Cl)ccc1OCC1CN(c2c3c(nc4ccnn24)CCNCC3)C1. The summed E-state index contributed by atoms with van der Waals surface area (Å²) in [6, 6.07) is 7.44. The third kappa shape index (κ3) is 3.49. The number of anilines is 1. The van der Waals surface area contributed by atoms with Crippen LogP contribution in [0.3, 0.4) is 0 Å². The van der Waals surface area contributed by atoms with Gasteiger partial charge in [0.1, 0.15) is 5.82 Å². The van der Waals surface area contributed by atoms with E-state index >= 15 is 0 Å². The number of ether oxygens (including phenoxy) is 2. The van der Waals surface area contributed by atoms with Crippen molar-refractivity contribution in [2.45, 2.75) is 12.8 Å². The zero-order chi connectivity index (χ0) is 19.8. The number of benzene rings is 1. The van der Waals surface area contributed by atoms with Crippen LogP contribution in [0.4, 0.5) is 5.82 Å². The van der Waals surface area contributed by atoms with Gasteiger partial charge < -0.3 is 19.7 Å². The summed E-state index contributed by atoms with van der Waals surface area (Å²) in [5.74, 6) is 3.04. The van der Waals surface area contributed by atoms with Gasteiger partial charge in [-0.3, -0.25) is 0 Å². The summed E-state index contributed by atoms with van der Waals surface area (Å²) in [4.78, 5) is 7.24. The van der Waals surface area contributed by atoms with Crippen molar-refractivity contribution in [2.24, 2.45) is 5.92 Å². The highest BCUT2D eigenvalue weighted by Crippen LogP contribution is 2.33. The Bertz CT molecular complexity index is 1030. The smallest absolute Gasteiger partial charge is 0.162 e. The molecule has 0 amide bonds. The molecule has 152 valence electrons. The average Bonchev–Trinajstić information content (AvgIpc) is 3.03. The van der Waals surface area contributed by atoms with E-state index in [1.807, 2.05) is 28.9 Å². The minimum atomic E-state index is 0.453. The first-order valence-corrected chi connectivity index (χ1v) is 10.4. The Hall–Kier alpha value is -2.51. The molecule has 0 saturated carbocycles. The second-order valence-corrected chi connectivity index (χ2v) is 8.03. The summed E-state index contributed by atoms with van der Waals surface area (Å²) in [6.07, 6.45) is 3.77. The zero-order valence-corrected chi connectivity index (χ0v) is 17.2. The number of aromatic nitrogens is 3. The van der Waals surface area contributed by atoms with Crippen LogP contribution in [-0.2, 0) is 12.8 Å². The molecule has 0 aliphatic carbocycles. The molecular weight excluding hydrogens is 390 g/mol. The fourth-order valence-electron chi connectivity index (χ4n) is 4.16. The van der Waals surface area contributed by atoms with Gasteiger partial charge in [-0.2, -0.15) is 9.61 Å². The second-order valence-electron chi connectivity index (χ2n) is 7.59. The summed E-state index contributed by atoms with van der Waals surface area (Å²) in [5.41, 5.74) is 3.44. The molecule has 0 spiro atoms. The van der Waals surface area contributed by atoms with Gasteiger partial charge in [0, 0.05) is 54.7 Å². The summed E-state index contributed by atoms with van der Waals surface area (Å²) in [5, 5.41) is 8.66. The van der Waals surface area contributed by atoms with Crippen molar-refractivity contribution in [3.63, 3.8) is 0 Å². The van der Waals surface area contributed by atoms with Gasteiger partial charge in [-0.25, -0.2) is 4.98 Å². The van der Waals surface area contributed by atoms with Crippen molar-refractivity contribution in [2.75, 3.05) is 44.8 Å². The molecule has 4 heterocycles. The molecule has 1 N–H and O–H groups in total. The largest absolute Gasteiger partial charge is 0.493 e. The average molecular weight is 414 g/mol. The number of nitrogens with zero attached hydrogens (tertiary/aromatic N) is 4. The van der Waals surface area contributed by atoms with E-state index < -0.39 is 0 Å². The predicted molar refractivity (Wildman–Crippen MR) is 112 cm³/mol. The first-order valence-electron chi connectivity index (χ1n) is 10.0. The molecule has 1 saturated heterocycles. The number of fused-ring (bicyclic) bond motifs is 2. The third-order valence-electron chi connectivity index (χ3n) is 5.64. The fourth-order valence-corrected chi connectivity index (χ4v) is 4.32. The van der Waals surface area contributed by atoms with Crippen LogP contribution >= 0.6 is 11.6 Å². The van der Waals surface area contributed by atoms with Crippen LogP contribution in [0.5, 0.6) is 11.5 Å². The molecule has 3 aromatic rings. The van der Waals surface area contributed by atoms with Gasteiger partial charge in [0.05, 0.1) is 25.6 Å². The van der Waals surface area contributed by atoms with Gasteiger partial charge in [0.25, 0.3) is 0 Å². The van der Waals surface area contributed by atoms with E-state index in [2.05, 4.69) is 15.3 Å². The number of halogens is 1. The van der Waals surface area contributed by atoms with E-state index in [9.17, 15) is 0 Å². The first kappa shape index (κ1) is 18.5. The van der Waals surface area contributed by atoms with E-state index in [1.54, 1.807) is 13.2 Å². The Balaban J connectivity index is 1.32. The standard InChI is InChI=1S/C21H24ClN5O2/c1-28-19-10-15(22)2-3-18(19)29-13-14-11-26(12-14)21-16-4-7-23-8-5-17(16)25-20-6-9-24-27(20)21/h2-3,6,9-10,14,23H,4-5,7-8,11-13H2,1H3. The Morgan fingerprint density at radius 1 is 1.17 bits per heavy atom. The van der Waals surface area contributed by atoms with Gasteiger partial charge in [0.15, 0.2) is 17.1 Å². The van der Waals surface area contributed by atoms with Gasteiger partial charge in [0.2, 0.25) is 0 Å². The minimum Gasteiger partial charge on any atom is -0.493 e. The van der Waals surface area contributed by atoms with Gasteiger partial charge in [-0.15, -0.1) is 0 Å². The van der Waals surface area contributed by atoms with Crippen LogP contribution in [-0.4, -0.2) is 54.5 Å². The summed E-state index contributed by atoms with van der Waals surface area (Å²) >= 11 is 6.03. The van der Waals surface area contributed by atoms with Crippen LogP contribution in [0.2, 0.25) is 5.02 Å². The van der Waals surface area contributed by atoms with Crippen LogP contribution in [0.1, 0.15) is 11.3 Å². The lowest BCUT2D eigenvalue weighted by Gasteiger charge is -2.41. The predicted octanol–water partition coefficient (Wildman–Crippen LogP) is 2.59. The molecule has 5 rings (SSSR count). The third-order valence-corrected chi connectivity index (χ3v) is 5.87. The van der Waals surface area contributed by atoms with Crippen molar-refractivity contribution >= 4 is 23.1 Å². The minimum absolute atomic E-state index is 0.453. The van der Waals surface area contributed by atoms with Crippen LogP contribution < -0.4 is 19.7 Å².